The van der Waals surface area contributed by atoms with Crippen LogP contribution in [0.1, 0.15) is 62.1 Å². The lowest BCUT2D eigenvalue weighted by Crippen LogP contribution is -2.58. The first kappa shape index (κ1) is 67.3. The molecule has 0 bridgehead atoms. The van der Waals surface area contributed by atoms with Gasteiger partial charge < -0.3 is 37.3 Å². The van der Waals surface area contributed by atoms with Crippen molar-refractivity contribution in [2.45, 2.75) is 139 Å². The zero-order chi connectivity index (χ0) is 63.4. The lowest BCUT2D eigenvalue weighted by Gasteiger charge is -2.32. The first-order valence-electron chi connectivity index (χ1n) is 30.5. The summed E-state index contributed by atoms with van der Waals surface area (Å²) in [5.74, 6) is 3.22. The minimum absolute atomic E-state index is 0.0313. The molecule has 18 nitrogen and oxygen atoms in total. The van der Waals surface area contributed by atoms with E-state index in [1.54, 1.807) is 58.5 Å². The summed E-state index contributed by atoms with van der Waals surface area (Å²) in [5.41, 5.74) is -1.15. The Labute approximate surface area is 530 Å². The maximum absolute atomic E-state index is 12.7. The Bertz CT molecular complexity index is 3720. The molecule has 0 spiro atoms. The van der Waals surface area contributed by atoms with E-state index >= 15 is 0 Å². The Morgan fingerprint density at radius 3 is 1.45 bits per heavy atom. The van der Waals surface area contributed by atoms with E-state index in [2.05, 4.69) is 154 Å². The number of aliphatic hydroxyl groups is 1. The smallest absolute Gasteiger partial charge is 0.330 e. The van der Waals surface area contributed by atoms with E-state index in [1.807, 2.05) is 0 Å². The van der Waals surface area contributed by atoms with Crippen molar-refractivity contribution >= 4 is 78.6 Å². The van der Waals surface area contributed by atoms with Crippen LogP contribution in [0.15, 0.2) is 177 Å². The highest BCUT2D eigenvalue weighted by molar-refractivity contribution is 7.78. The molecule has 8 heterocycles. The fourth-order valence-corrected chi connectivity index (χ4v) is 26.2. The number of nitrogens with one attached hydrogen (secondary N) is 2. The van der Waals surface area contributed by atoms with Gasteiger partial charge in [0.25, 0.3) is 19.6 Å². The van der Waals surface area contributed by atoms with E-state index in [-0.39, 0.29) is 24.7 Å². The number of H-pyrrole nitrogens is 2. The zero-order valence-corrected chi connectivity index (χ0v) is 58.1. The third kappa shape index (κ3) is 16.1. The van der Waals surface area contributed by atoms with Crippen LogP contribution in [-0.2, 0) is 32.2 Å². The average molecular weight is 1340 g/mol. The van der Waals surface area contributed by atoms with Gasteiger partial charge in [-0.1, -0.05) is 155 Å². The summed E-state index contributed by atoms with van der Waals surface area (Å²) < 4.78 is 63.6. The molecule has 4 unspecified atom stereocenters. The van der Waals surface area contributed by atoms with E-state index in [9.17, 15) is 33.4 Å². The molecule has 0 aliphatic carbocycles. The van der Waals surface area contributed by atoms with Crippen molar-refractivity contribution in [2.24, 2.45) is 0 Å². The summed E-state index contributed by atoms with van der Waals surface area (Å²) in [4.78, 5) is 52.4. The molecule has 0 radical (unpaired) electrons. The van der Waals surface area contributed by atoms with Crippen LogP contribution in [0.4, 0.5) is 0 Å². The van der Waals surface area contributed by atoms with Gasteiger partial charge in [0.1, 0.15) is 55.1 Å². The largest absolute Gasteiger partial charge is 0.390 e. The van der Waals surface area contributed by atoms with Crippen LogP contribution in [0.5, 0.6) is 0 Å². The molecular formula is C64H83ClN6O12P4Si2. The third-order valence-electron chi connectivity index (χ3n) is 17.8. The van der Waals surface area contributed by atoms with E-state index in [4.69, 9.17) is 34.3 Å². The topological polar surface area (TPSA) is 217 Å². The zero-order valence-electron chi connectivity index (χ0n) is 51.7. The first-order chi connectivity index (χ1) is 42.4. The van der Waals surface area contributed by atoms with Crippen molar-refractivity contribution in [3.8, 4) is 0 Å². The predicted octanol–water partition coefficient (Wildman–Crippen LogP) is 9.48. The molecule has 12 atom stereocenters. The number of hydrogen-bond acceptors (Lipinski definition) is 14. The molecule has 476 valence electrons. The Morgan fingerprint density at radius 1 is 0.607 bits per heavy atom. The second-order valence-electron chi connectivity index (χ2n) is 25.3. The number of nitrogens with zero attached hydrogens (tertiary/aromatic N) is 4. The van der Waals surface area contributed by atoms with Crippen LogP contribution in [0.2, 0.25) is 25.2 Å². The van der Waals surface area contributed by atoms with Gasteiger partial charge in [0.2, 0.25) is 7.65 Å². The summed E-state index contributed by atoms with van der Waals surface area (Å²) in [7, 11) is -11.1. The number of aryl methyl sites for hydroxylation is 2. The van der Waals surface area contributed by atoms with E-state index in [0.717, 1.165) is 38.0 Å². The number of halogens is 1. The number of aliphatic hydroxyl groups excluding tert-OH is 1. The van der Waals surface area contributed by atoms with E-state index in [1.165, 1.54) is 60.9 Å². The molecule has 4 aromatic carbocycles. The fraction of sp³-hybridized carbons (Fsp3) is 0.438. The molecule has 25 heteroatoms. The summed E-state index contributed by atoms with van der Waals surface area (Å²) in [5, 5.41) is 15.7. The van der Waals surface area contributed by atoms with Gasteiger partial charge in [-0.3, -0.25) is 28.7 Å². The number of benzene rings is 4. The predicted molar refractivity (Wildman–Crippen MR) is 363 cm³/mol. The van der Waals surface area contributed by atoms with Gasteiger partial charge in [-0.15, -0.1) is 0 Å². The summed E-state index contributed by atoms with van der Waals surface area (Å²) in [6.45, 7) is 16.8. The molecule has 12 rings (SSSR count). The molecule has 6 aliphatic rings. The molecule has 6 aromatic rings. The average Bonchev–Trinajstić information content (AvgIpc) is 1.87. The molecule has 6 saturated heterocycles. The molecule has 2 aromatic heterocycles. The summed E-state index contributed by atoms with van der Waals surface area (Å²) in [6.07, 6.45) is 8.21. The highest BCUT2D eigenvalue weighted by atomic mass is 35.7. The van der Waals surface area contributed by atoms with Crippen molar-refractivity contribution < 1.29 is 37.3 Å². The van der Waals surface area contributed by atoms with Crippen LogP contribution in [0, 0.1) is 13.8 Å². The monoisotopic (exact) mass is 1340 g/mol. The van der Waals surface area contributed by atoms with Gasteiger partial charge in [-0.2, -0.15) is 0 Å². The van der Waals surface area contributed by atoms with Crippen LogP contribution in [-0.4, -0.2) is 138 Å². The van der Waals surface area contributed by atoms with Gasteiger partial charge in [0.05, 0.1) is 24.4 Å². The maximum atomic E-state index is 12.7. The number of aromatic amines is 2. The first-order valence-corrected chi connectivity index (χ1v) is 44.5. The summed E-state index contributed by atoms with van der Waals surface area (Å²) in [6, 6.07) is 46.6. The highest BCUT2D eigenvalue weighted by Crippen LogP contribution is 2.60. The van der Waals surface area contributed by atoms with Crippen LogP contribution in [0.25, 0.3) is 0 Å². The number of rotatable bonds is 16. The van der Waals surface area contributed by atoms with Crippen LogP contribution >= 0.6 is 41.7 Å². The molecule has 6 aliphatic heterocycles. The molecule has 89 heavy (non-hydrogen) atoms. The summed E-state index contributed by atoms with van der Waals surface area (Å²) >= 11 is 6.51. The Hall–Kier alpha value is -4.56. The van der Waals surface area contributed by atoms with Gasteiger partial charge in [-0.05, 0) is 113 Å². The number of aromatic nitrogens is 4. The number of fused-ring (bicyclic) bond motifs is 2. The molecular weight excluding hydrogens is 1260 g/mol. The Kier molecular flexibility index (Phi) is 21.8. The quantitative estimate of drug-likeness (QED) is 0.0608. The van der Waals surface area contributed by atoms with Crippen LogP contribution in [0.3, 0.4) is 0 Å². The van der Waals surface area contributed by atoms with Crippen molar-refractivity contribution in [3.63, 3.8) is 0 Å². The van der Waals surface area contributed by atoms with E-state index in [0.29, 0.717) is 23.6 Å². The molecule has 0 saturated carbocycles. The number of hydrogen-bond donors (Lipinski definition) is 3. The molecule has 3 N–H and O–H groups in total. The van der Waals surface area contributed by atoms with Gasteiger partial charge >= 0.3 is 11.4 Å². The Balaban J connectivity index is 0.000000163. The normalized spacial score (nSPS) is 27.3. The van der Waals surface area contributed by atoms with Gasteiger partial charge in [-0.25, -0.2) is 18.9 Å². The number of ether oxygens (including phenoxy) is 2. The van der Waals surface area contributed by atoms with Crippen molar-refractivity contribution in [1.29, 1.82) is 0 Å². The fourth-order valence-electron chi connectivity index (χ4n) is 12.9. The van der Waals surface area contributed by atoms with Gasteiger partial charge in [0.15, 0.2) is 0 Å². The lowest BCUT2D eigenvalue weighted by atomic mass is 10.1. The minimum Gasteiger partial charge on any atom is -0.390 e. The van der Waals surface area contributed by atoms with Gasteiger partial charge in [0, 0.05) is 61.5 Å². The van der Waals surface area contributed by atoms with Crippen molar-refractivity contribution in [3.05, 3.63) is 210 Å². The molecule has 6 fully saturated rings. The highest BCUT2D eigenvalue weighted by Gasteiger charge is 2.52. The van der Waals surface area contributed by atoms with Crippen molar-refractivity contribution in [1.82, 2.24) is 28.4 Å². The third-order valence-corrected chi connectivity index (χ3v) is 32.4. The molecule has 0 amide bonds. The minimum atomic E-state index is -2.47. The second kappa shape index (κ2) is 28.8. The van der Waals surface area contributed by atoms with E-state index < -0.39 is 106 Å². The maximum Gasteiger partial charge on any atom is 0.330 e. The Morgan fingerprint density at radius 2 is 1.00 bits per heavy atom. The second-order valence-corrected chi connectivity index (χ2v) is 43.6. The standard InChI is InChI=1S/C32H41N3O6P2Si.C19H23ClNOPSi.C13H19N2O5P/c1-23-21-34(32(37)33-31(23)36)30-20-28(27(39-30)17-19-43(2,3)38)40-42-35-18-11-16-26(35)29(41-42)22-44(4,24-12-7-5-8-13-24)25-14-9-6-10-15-25;1-24(16-9-4-2-5-10-16,17-11-6-3-7-12-17)15-19-18-13-8-14-21(18)23(20)22-19;1-8-7-15(13(18)14-12(8)17)11-6-9(16)10(20-11)4-5-21(2,3)19/h5-10,12-15,17,19,21,26-30H,11,16,18,20,22H2,1-4H3,(H,33,36,37);2-7,9-12,18-19H,8,13-15H2,1H3;4-5,7,9-11,16H,6H2,1-3H3,(H,14,17,18)/b19-17+;;5-4+/t26-,27+,28?,29+,30+,42?;18-,19+,23?;9?,10-,11-/m001/s1. The van der Waals surface area contributed by atoms with Crippen LogP contribution < -0.4 is 43.2 Å². The lowest BCUT2D eigenvalue weighted by molar-refractivity contribution is 0.00480. The SMILES string of the molecule is C[Si](C[C@H]1OP(Cl)N2CCC[C@@H]12)(c1ccccc1)c1ccccc1.Cc1cn([C@H]2CC(O)[C@@H](/C=C/P(C)(C)=O)O2)c(=O)[nH]c1=O.Cc1cn([C@H]2CC(OP3O[C@H](C[Si](C)(c4ccccc4)c4ccccc4)[C@@H]4CCCN43)[C@@H](/C=C/P(C)(C)=O)O2)c(=O)[nH]c1=O. The van der Waals surface area contributed by atoms with Crippen molar-refractivity contribution in [2.75, 3.05) is 39.7 Å².